The molecule has 82 valence electrons. The van der Waals surface area contributed by atoms with Crippen LogP contribution in [0, 0.1) is 6.92 Å². The lowest BCUT2D eigenvalue weighted by Crippen LogP contribution is -2.33. The molecule has 3 nitrogen and oxygen atoms in total. The molecule has 1 aromatic heterocycles. The Labute approximate surface area is 98.6 Å². The maximum Gasteiger partial charge on any atom is 0.272 e. The van der Waals surface area contributed by atoms with Crippen LogP contribution < -0.4 is 0 Å². The lowest BCUT2D eigenvalue weighted by molar-refractivity contribution is 0.0768. The number of hydrogen-bond acceptors (Lipinski definition) is 2. The van der Waals surface area contributed by atoms with Crippen molar-refractivity contribution in [2.45, 2.75) is 13.8 Å². The predicted molar refractivity (Wildman–Crippen MR) is 64.3 cm³/mol. The summed E-state index contributed by atoms with van der Waals surface area (Å²) in [5, 5.41) is 0.790. The molecule has 0 atom stereocenters. The van der Waals surface area contributed by atoms with Crippen LogP contribution in [0.3, 0.4) is 0 Å². The second kappa shape index (κ2) is 5.85. The summed E-state index contributed by atoms with van der Waals surface area (Å²) >= 11 is 3.34. The van der Waals surface area contributed by atoms with Crippen molar-refractivity contribution in [2.24, 2.45) is 0 Å². The number of halogens is 1. The third-order valence-electron chi connectivity index (χ3n) is 2.24. The van der Waals surface area contributed by atoms with Crippen molar-refractivity contribution >= 4 is 21.8 Å². The highest BCUT2D eigenvalue weighted by atomic mass is 79.9. The number of pyridine rings is 1. The Morgan fingerprint density at radius 3 is 2.87 bits per heavy atom. The molecule has 4 heteroatoms. The Kier molecular flexibility index (Phi) is 4.75. The third kappa shape index (κ3) is 3.02. The first kappa shape index (κ1) is 12.2. The van der Waals surface area contributed by atoms with E-state index >= 15 is 0 Å². The van der Waals surface area contributed by atoms with Crippen LogP contribution in [0.5, 0.6) is 0 Å². The molecule has 0 fully saturated rings. The van der Waals surface area contributed by atoms with Crippen LogP contribution in [0.1, 0.15) is 23.0 Å². The van der Waals surface area contributed by atoms with Crippen LogP contribution in [0.4, 0.5) is 0 Å². The number of carbonyl (C=O) groups excluding carboxylic acids is 1. The van der Waals surface area contributed by atoms with Crippen LogP contribution in [0.15, 0.2) is 18.3 Å². The Bertz CT molecular complexity index is 341. The molecule has 1 amide bonds. The van der Waals surface area contributed by atoms with Gasteiger partial charge in [0, 0.05) is 24.6 Å². The minimum absolute atomic E-state index is 0.00931. The van der Waals surface area contributed by atoms with Crippen molar-refractivity contribution in [1.82, 2.24) is 9.88 Å². The average Bonchev–Trinajstić information content (AvgIpc) is 2.25. The van der Waals surface area contributed by atoms with Crippen molar-refractivity contribution < 1.29 is 4.79 Å². The summed E-state index contributed by atoms with van der Waals surface area (Å²) in [6.07, 6.45) is 1.65. The summed E-state index contributed by atoms with van der Waals surface area (Å²) in [4.78, 5) is 17.9. The highest BCUT2D eigenvalue weighted by molar-refractivity contribution is 9.09. The van der Waals surface area contributed by atoms with Crippen LogP contribution in [-0.4, -0.2) is 34.2 Å². The van der Waals surface area contributed by atoms with Crippen LogP contribution in [-0.2, 0) is 0 Å². The maximum absolute atomic E-state index is 12.0. The van der Waals surface area contributed by atoms with Gasteiger partial charge in [-0.1, -0.05) is 22.0 Å². The molecule has 0 aliphatic carbocycles. The summed E-state index contributed by atoms with van der Waals surface area (Å²) in [6.45, 7) is 5.30. The van der Waals surface area contributed by atoms with Gasteiger partial charge in [-0.15, -0.1) is 0 Å². The van der Waals surface area contributed by atoms with Gasteiger partial charge in [0.2, 0.25) is 0 Å². The first-order valence-corrected chi connectivity index (χ1v) is 6.09. The first-order chi connectivity index (χ1) is 7.20. The smallest absolute Gasteiger partial charge is 0.272 e. The monoisotopic (exact) mass is 270 g/mol. The quantitative estimate of drug-likeness (QED) is 0.787. The SMILES string of the molecule is CCN(CCBr)C(=O)c1ncccc1C. The van der Waals surface area contributed by atoms with E-state index in [1.54, 1.807) is 11.1 Å². The molecular formula is C11H15BrN2O. The molecule has 0 aliphatic heterocycles. The number of alkyl halides is 1. The molecule has 0 unspecified atom stereocenters. The number of rotatable bonds is 4. The third-order valence-corrected chi connectivity index (χ3v) is 2.59. The maximum atomic E-state index is 12.0. The minimum Gasteiger partial charge on any atom is -0.337 e. The summed E-state index contributed by atoms with van der Waals surface area (Å²) < 4.78 is 0. The number of aryl methyl sites for hydroxylation is 1. The van der Waals surface area contributed by atoms with Gasteiger partial charge in [-0.2, -0.15) is 0 Å². The van der Waals surface area contributed by atoms with Crippen molar-refractivity contribution in [1.29, 1.82) is 0 Å². The fraction of sp³-hybridized carbons (Fsp3) is 0.455. The van der Waals surface area contributed by atoms with E-state index < -0.39 is 0 Å². The van der Waals surface area contributed by atoms with Gasteiger partial charge in [0.25, 0.3) is 5.91 Å². The summed E-state index contributed by atoms with van der Waals surface area (Å²) in [5.41, 5.74) is 1.48. The molecule has 0 aromatic carbocycles. The van der Waals surface area contributed by atoms with Crippen molar-refractivity contribution in [3.63, 3.8) is 0 Å². The topological polar surface area (TPSA) is 33.2 Å². The summed E-state index contributed by atoms with van der Waals surface area (Å²) in [5.74, 6) is 0.00931. The van der Waals surface area contributed by atoms with Gasteiger partial charge < -0.3 is 4.90 Å². The Morgan fingerprint density at radius 2 is 2.33 bits per heavy atom. The fourth-order valence-electron chi connectivity index (χ4n) is 1.36. The van der Waals surface area contributed by atoms with E-state index in [9.17, 15) is 4.79 Å². The zero-order valence-corrected chi connectivity index (χ0v) is 10.6. The standard InChI is InChI=1S/C11H15BrN2O/c1-3-14(8-6-12)11(15)10-9(2)5-4-7-13-10/h4-5,7H,3,6,8H2,1-2H3. The zero-order valence-electron chi connectivity index (χ0n) is 9.03. The summed E-state index contributed by atoms with van der Waals surface area (Å²) in [7, 11) is 0. The molecular weight excluding hydrogens is 256 g/mol. The molecule has 0 saturated carbocycles. The first-order valence-electron chi connectivity index (χ1n) is 4.97. The lowest BCUT2D eigenvalue weighted by Gasteiger charge is -2.19. The Balaban J connectivity index is 2.88. The number of nitrogens with zero attached hydrogens (tertiary/aromatic N) is 2. The molecule has 0 spiro atoms. The highest BCUT2D eigenvalue weighted by Gasteiger charge is 2.16. The molecule has 1 heterocycles. The summed E-state index contributed by atoms with van der Waals surface area (Å²) in [6, 6.07) is 3.75. The molecule has 0 radical (unpaired) electrons. The fourth-order valence-corrected chi connectivity index (χ4v) is 1.79. The van der Waals surface area contributed by atoms with Crippen LogP contribution in [0.2, 0.25) is 0 Å². The Hall–Kier alpha value is -0.900. The van der Waals surface area contributed by atoms with Gasteiger partial charge in [-0.3, -0.25) is 9.78 Å². The van der Waals surface area contributed by atoms with Crippen molar-refractivity contribution in [3.05, 3.63) is 29.6 Å². The molecule has 0 saturated heterocycles. The molecule has 15 heavy (non-hydrogen) atoms. The van der Waals surface area contributed by atoms with Gasteiger partial charge in [0.1, 0.15) is 5.69 Å². The van der Waals surface area contributed by atoms with E-state index in [4.69, 9.17) is 0 Å². The van der Waals surface area contributed by atoms with E-state index in [0.29, 0.717) is 18.8 Å². The molecule has 0 aliphatic rings. The van der Waals surface area contributed by atoms with Gasteiger partial charge in [-0.05, 0) is 25.5 Å². The molecule has 0 bridgehead atoms. The number of carbonyl (C=O) groups is 1. The second-order valence-corrected chi connectivity index (χ2v) is 4.04. The zero-order chi connectivity index (χ0) is 11.3. The van der Waals surface area contributed by atoms with E-state index in [1.807, 2.05) is 26.0 Å². The second-order valence-electron chi connectivity index (χ2n) is 3.24. The van der Waals surface area contributed by atoms with Gasteiger partial charge >= 0.3 is 0 Å². The van der Waals surface area contributed by atoms with Gasteiger partial charge in [-0.25, -0.2) is 0 Å². The predicted octanol–water partition coefficient (Wildman–Crippen LogP) is 2.25. The average molecular weight is 271 g/mol. The van der Waals surface area contributed by atoms with E-state index in [-0.39, 0.29) is 5.91 Å². The molecule has 1 aromatic rings. The largest absolute Gasteiger partial charge is 0.337 e. The minimum atomic E-state index is 0.00931. The van der Waals surface area contributed by atoms with Gasteiger partial charge in [0.05, 0.1) is 0 Å². The normalized spacial score (nSPS) is 10.1. The van der Waals surface area contributed by atoms with E-state index in [1.165, 1.54) is 0 Å². The van der Waals surface area contributed by atoms with Gasteiger partial charge in [0.15, 0.2) is 0 Å². The number of amides is 1. The molecule has 1 rings (SSSR count). The van der Waals surface area contributed by atoms with Crippen molar-refractivity contribution in [2.75, 3.05) is 18.4 Å². The van der Waals surface area contributed by atoms with Crippen LogP contribution >= 0.6 is 15.9 Å². The highest BCUT2D eigenvalue weighted by Crippen LogP contribution is 2.07. The van der Waals surface area contributed by atoms with Crippen molar-refractivity contribution in [3.8, 4) is 0 Å². The number of hydrogen-bond donors (Lipinski definition) is 0. The number of aromatic nitrogens is 1. The van der Waals surface area contributed by atoms with Crippen LogP contribution in [0.25, 0.3) is 0 Å². The van der Waals surface area contributed by atoms with E-state index in [2.05, 4.69) is 20.9 Å². The Morgan fingerprint density at radius 1 is 1.60 bits per heavy atom. The van der Waals surface area contributed by atoms with E-state index in [0.717, 1.165) is 10.9 Å². The lowest BCUT2D eigenvalue weighted by atomic mass is 10.2. The molecule has 0 N–H and O–H groups in total.